The van der Waals surface area contributed by atoms with Gasteiger partial charge in [-0.15, -0.1) is 0 Å². The molecule has 2 aromatic rings. The Morgan fingerprint density at radius 3 is 2.65 bits per heavy atom. The van der Waals surface area contributed by atoms with Gasteiger partial charge in [-0.1, -0.05) is 0 Å². The van der Waals surface area contributed by atoms with Crippen LogP contribution in [0.4, 0.5) is 5.69 Å². The number of amides is 1. The Balaban J connectivity index is 1.77. The summed E-state index contributed by atoms with van der Waals surface area (Å²) in [6.07, 6.45) is 3.44. The highest BCUT2D eigenvalue weighted by molar-refractivity contribution is 6.29. The molecule has 0 bridgehead atoms. The first-order valence-electron chi connectivity index (χ1n) is 8.39. The zero-order chi connectivity index (χ0) is 18.3. The first kappa shape index (κ1) is 16.3. The fraction of sp³-hybridized carbons (Fsp3) is 0.250. The maximum Gasteiger partial charge on any atom is 0.265 e. The van der Waals surface area contributed by atoms with E-state index in [-0.39, 0.29) is 12.5 Å². The Bertz CT molecular complexity index is 948. The van der Waals surface area contributed by atoms with Gasteiger partial charge in [0.05, 0.1) is 19.3 Å². The number of benzene rings is 1. The van der Waals surface area contributed by atoms with E-state index in [2.05, 4.69) is 9.98 Å². The van der Waals surface area contributed by atoms with Crippen LogP contribution in [0, 0.1) is 0 Å². The lowest BCUT2D eigenvalue weighted by Gasteiger charge is -2.31. The van der Waals surface area contributed by atoms with E-state index in [1.807, 2.05) is 38.1 Å². The quantitative estimate of drug-likeness (QED) is 0.850. The fourth-order valence-electron chi connectivity index (χ4n) is 3.40. The van der Waals surface area contributed by atoms with Gasteiger partial charge >= 0.3 is 0 Å². The van der Waals surface area contributed by atoms with E-state index in [1.54, 1.807) is 24.4 Å². The molecule has 4 rings (SSSR count). The molecule has 0 radical (unpaired) electrons. The van der Waals surface area contributed by atoms with Crippen molar-refractivity contribution in [3.8, 4) is 11.5 Å². The van der Waals surface area contributed by atoms with E-state index in [1.165, 1.54) is 0 Å². The monoisotopic (exact) mass is 349 g/mol. The Morgan fingerprint density at radius 1 is 1.23 bits per heavy atom. The Hall–Kier alpha value is -3.15. The van der Waals surface area contributed by atoms with Crippen molar-refractivity contribution in [1.29, 1.82) is 0 Å². The van der Waals surface area contributed by atoms with E-state index in [0.29, 0.717) is 23.7 Å². The molecule has 1 amide bonds. The minimum Gasteiger partial charge on any atom is -0.496 e. The number of rotatable bonds is 4. The van der Waals surface area contributed by atoms with Crippen molar-refractivity contribution in [3.05, 3.63) is 53.5 Å². The molecule has 0 unspecified atom stereocenters. The van der Waals surface area contributed by atoms with Crippen LogP contribution < -0.4 is 14.4 Å². The molecule has 2 aliphatic rings. The van der Waals surface area contributed by atoms with Gasteiger partial charge in [0.25, 0.3) is 5.91 Å². The number of pyridine rings is 1. The van der Waals surface area contributed by atoms with Gasteiger partial charge in [-0.3, -0.25) is 14.8 Å². The van der Waals surface area contributed by atoms with Crippen LogP contribution in [0.5, 0.6) is 11.5 Å². The van der Waals surface area contributed by atoms with Gasteiger partial charge in [-0.2, -0.15) is 0 Å². The van der Waals surface area contributed by atoms with Crippen molar-refractivity contribution >= 4 is 22.9 Å². The highest BCUT2D eigenvalue weighted by Crippen LogP contribution is 2.43. The average molecular weight is 349 g/mol. The van der Waals surface area contributed by atoms with Gasteiger partial charge in [0, 0.05) is 41.0 Å². The van der Waals surface area contributed by atoms with Crippen LogP contribution in [-0.2, 0) is 11.3 Å². The van der Waals surface area contributed by atoms with Crippen LogP contribution in [0.25, 0.3) is 5.57 Å². The van der Waals surface area contributed by atoms with Gasteiger partial charge in [0.1, 0.15) is 11.5 Å². The van der Waals surface area contributed by atoms with E-state index in [0.717, 1.165) is 28.1 Å². The number of anilines is 1. The second-order valence-electron chi connectivity index (χ2n) is 6.30. The number of carbonyl (C=O) groups excluding carboxylic acids is 1. The molecule has 0 fully saturated rings. The molecule has 0 atom stereocenters. The summed E-state index contributed by atoms with van der Waals surface area (Å²) in [6, 6.07) is 7.61. The molecule has 26 heavy (non-hydrogen) atoms. The average Bonchev–Trinajstić information content (AvgIpc) is 2.64. The van der Waals surface area contributed by atoms with Crippen molar-refractivity contribution in [2.75, 3.05) is 18.6 Å². The molecule has 0 N–H and O–H groups in total. The van der Waals surface area contributed by atoms with Crippen LogP contribution in [0.2, 0.25) is 0 Å². The molecule has 0 spiro atoms. The molecule has 3 heterocycles. The smallest absolute Gasteiger partial charge is 0.265 e. The fourth-order valence-corrected chi connectivity index (χ4v) is 3.40. The highest BCUT2D eigenvalue weighted by atomic mass is 16.5. The van der Waals surface area contributed by atoms with E-state index in [9.17, 15) is 4.79 Å². The topological polar surface area (TPSA) is 64.0 Å². The van der Waals surface area contributed by atoms with E-state index >= 15 is 0 Å². The summed E-state index contributed by atoms with van der Waals surface area (Å²) in [7, 11) is 1.63. The van der Waals surface area contributed by atoms with E-state index in [4.69, 9.17) is 9.47 Å². The molecule has 1 aromatic heterocycles. The lowest BCUT2D eigenvalue weighted by Crippen LogP contribution is -2.38. The van der Waals surface area contributed by atoms with Crippen LogP contribution in [0.3, 0.4) is 0 Å². The molecule has 0 saturated heterocycles. The van der Waals surface area contributed by atoms with Crippen LogP contribution in [0.15, 0.2) is 47.3 Å². The Morgan fingerprint density at radius 2 is 2.00 bits per heavy atom. The minimum atomic E-state index is -0.0825. The van der Waals surface area contributed by atoms with Gasteiger partial charge in [0.15, 0.2) is 6.61 Å². The number of fused-ring (bicyclic) bond motifs is 1. The number of aliphatic imine (C=N–C) groups is 1. The van der Waals surface area contributed by atoms with Crippen molar-refractivity contribution < 1.29 is 14.3 Å². The molecule has 2 aliphatic heterocycles. The molecule has 6 heteroatoms. The largest absolute Gasteiger partial charge is 0.496 e. The molecular formula is C20H19N3O3. The second-order valence-corrected chi connectivity index (χ2v) is 6.30. The Labute approximate surface area is 151 Å². The van der Waals surface area contributed by atoms with Gasteiger partial charge < -0.3 is 14.4 Å². The van der Waals surface area contributed by atoms with Crippen LogP contribution in [0.1, 0.15) is 25.0 Å². The lowest BCUT2D eigenvalue weighted by atomic mass is 9.94. The summed E-state index contributed by atoms with van der Waals surface area (Å²) < 4.78 is 11.3. The second kappa shape index (κ2) is 6.29. The zero-order valence-electron chi connectivity index (χ0n) is 14.9. The normalized spacial score (nSPS) is 15.9. The minimum absolute atomic E-state index is 0.0228. The molecule has 132 valence electrons. The maximum atomic E-state index is 12.5. The van der Waals surface area contributed by atoms with Crippen molar-refractivity contribution in [2.45, 2.75) is 20.4 Å². The van der Waals surface area contributed by atoms with Crippen molar-refractivity contribution in [2.24, 2.45) is 4.99 Å². The zero-order valence-corrected chi connectivity index (χ0v) is 14.9. The molecule has 1 aromatic carbocycles. The third-order valence-electron chi connectivity index (χ3n) is 4.64. The number of aromatic nitrogens is 1. The maximum absolute atomic E-state index is 12.5. The first-order chi connectivity index (χ1) is 12.6. The van der Waals surface area contributed by atoms with Crippen LogP contribution >= 0.6 is 0 Å². The summed E-state index contributed by atoms with van der Waals surface area (Å²) in [4.78, 5) is 22.6. The number of allylic oxidation sites excluding steroid dienone is 2. The first-order valence-corrected chi connectivity index (χ1v) is 8.39. The SMILES string of the molecule is COc1cc2c(cc1C1=C(C)N=C1C)OCC(=O)N2Cc1ccncc1. The van der Waals surface area contributed by atoms with E-state index < -0.39 is 0 Å². The van der Waals surface area contributed by atoms with Crippen LogP contribution in [-0.4, -0.2) is 30.3 Å². The molecule has 0 saturated carbocycles. The number of nitrogens with zero attached hydrogens (tertiary/aromatic N) is 3. The summed E-state index contributed by atoms with van der Waals surface area (Å²) in [5.41, 5.74) is 5.68. The third kappa shape index (κ3) is 2.63. The summed E-state index contributed by atoms with van der Waals surface area (Å²) >= 11 is 0. The molecule has 6 nitrogen and oxygen atoms in total. The summed E-state index contributed by atoms with van der Waals surface area (Å²) in [5.74, 6) is 1.29. The van der Waals surface area contributed by atoms with Crippen molar-refractivity contribution in [3.63, 3.8) is 0 Å². The lowest BCUT2D eigenvalue weighted by molar-refractivity contribution is -0.121. The van der Waals surface area contributed by atoms with Gasteiger partial charge in [0.2, 0.25) is 0 Å². The number of hydrogen-bond acceptors (Lipinski definition) is 5. The summed E-state index contributed by atoms with van der Waals surface area (Å²) in [6.45, 7) is 4.43. The van der Waals surface area contributed by atoms with Gasteiger partial charge in [-0.25, -0.2) is 0 Å². The van der Waals surface area contributed by atoms with Crippen molar-refractivity contribution in [1.82, 2.24) is 4.98 Å². The number of hydrogen-bond donors (Lipinski definition) is 0. The standard InChI is InChI=1S/C20H19N3O3/c1-12-20(13(2)22-12)15-8-18-16(9-17(15)25-3)23(19(24)11-26-18)10-14-4-6-21-7-5-14/h4-9H,10-11H2,1-3H3. The third-order valence-corrected chi connectivity index (χ3v) is 4.64. The molecular weight excluding hydrogens is 330 g/mol. The number of methoxy groups -OCH3 is 1. The highest BCUT2D eigenvalue weighted by Gasteiger charge is 2.30. The molecule has 0 aliphatic carbocycles. The summed E-state index contributed by atoms with van der Waals surface area (Å²) in [5, 5.41) is 0. The predicted octanol–water partition coefficient (Wildman–Crippen LogP) is 3.22. The number of ether oxygens (including phenoxy) is 2. The number of carbonyl (C=O) groups is 1. The Kier molecular flexibility index (Phi) is 3.95. The van der Waals surface area contributed by atoms with Gasteiger partial charge in [-0.05, 0) is 37.6 Å². The predicted molar refractivity (Wildman–Crippen MR) is 99.6 cm³/mol.